The van der Waals surface area contributed by atoms with Gasteiger partial charge in [0.15, 0.2) is 6.61 Å². The summed E-state index contributed by atoms with van der Waals surface area (Å²) in [5.74, 6) is 1.25. The Morgan fingerprint density at radius 1 is 1.04 bits per heavy atom. The van der Waals surface area contributed by atoms with Gasteiger partial charge < -0.3 is 9.47 Å². The molecule has 0 aliphatic rings. The Balaban J connectivity index is 1.70. The van der Waals surface area contributed by atoms with Gasteiger partial charge >= 0.3 is 0 Å². The zero-order valence-electron chi connectivity index (χ0n) is 17.0. The number of hydrogen-bond donors (Lipinski definition) is 1. The summed E-state index contributed by atoms with van der Waals surface area (Å²) in [5.41, 5.74) is 5.52. The molecule has 0 heterocycles. The minimum atomic E-state index is -0.303. The summed E-state index contributed by atoms with van der Waals surface area (Å²) in [6, 6.07) is 13.5. The van der Waals surface area contributed by atoms with E-state index in [-0.39, 0.29) is 12.5 Å². The number of benzene rings is 2. The smallest absolute Gasteiger partial charge is 0.277 e. The molecule has 2 aromatic rings. The Kier molecular flexibility index (Phi) is 9.05. The number of hydrazone groups is 1. The van der Waals surface area contributed by atoms with Gasteiger partial charge in [-0.25, -0.2) is 5.43 Å². The highest BCUT2D eigenvalue weighted by atomic mass is 16.5. The Hall–Kier alpha value is -2.82. The summed E-state index contributed by atoms with van der Waals surface area (Å²) < 4.78 is 11.2. The van der Waals surface area contributed by atoms with Crippen molar-refractivity contribution in [2.45, 2.75) is 46.5 Å². The molecule has 0 aliphatic heterocycles. The van der Waals surface area contributed by atoms with Gasteiger partial charge in [0, 0.05) is 0 Å². The Bertz CT molecular complexity index is 770. The molecule has 0 radical (unpaired) electrons. The van der Waals surface area contributed by atoms with E-state index >= 15 is 0 Å². The summed E-state index contributed by atoms with van der Waals surface area (Å²) in [6.45, 7) is 6.83. The predicted octanol–water partition coefficient (Wildman–Crippen LogP) is 4.79. The Morgan fingerprint density at radius 2 is 1.82 bits per heavy atom. The van der Waals surface area contributed by atoms with Crippen molar-refractivity contribution in [1.29, 1.82) is 0 Å². The molecule has 0 aromatic heterocycles. The number of carbonyl (C=O) groups excluding carboxylic acids is 1. The van der Waals surface area contributed by atoms with Crippen LogP contribution in [-0.4, -0.2) is 25.3 Å². The molecule has 2 aromatic carbocycles. The number of hydrogen-bond acceptors (Lipinski definition) is 4. The first-order valence-corrected chi connectivity index (χ1v) is 9.83. The molecule has 150 valence electrons. The van der Waals surface area contributed by atoms with E-state index in [9.17, 15) is 4.79 Å². The van der Waals surface area contributed by atoms with E-state index in [1.54, 1.807) is 6.21 Å². The Morgan fingerprint density at radius 3 is 2.54 bits per heavy atom. The molecule has 0 atom stereocenters. The lowest BCUT2D eigenvalue weighted by Crippen LogP contribution is -2.24. The summed E-state index contributed by atoms with van der Waals surface area (Å²) in [6.07, 6.45) is 6.35. The van der Waals surface area contributed by atoms with Crippen LogP contribution >= 0.6 is 0 Å². The maximum Gasteiger partial charge on any atom is 0.277 e. The van der Waals surface area contributed by atoms with E-state index in [2.05, 4.69) is 17.5 Å². The van der Waals surface area contributed by atoms with E-state index < -0.39 is 0 Å². The molecule has 28 heavy (non-hydrogen) atoms. The number of unbranched alkanes of at least 4 members (excludes halogenated alkanes) is 3. The number of amides is 1. The highest BCUT2D eigenvalue weighted by Gasteiger charge is 2.04. The quantitative estimate of drug-likeness (QED) is 0.345. The molecule has 0 aliphatic carbocycles. The third kappa shape index (κ3) is 7.82. The largest absolute Gasteiger partial charge is 0.494 e. The summed E-state index contributed by atoms with van der Waals surface area (Å²) in [4.78, 5) is 11.9. The average molecular weight is 383 g/mol. The molecule has 1 amide bonds. The van der Waals surface area contributed by atoms with Gasteiger partial charge in [-0.05, 0) is 61.7 Å². The van der Waals surface area contributed by atoms with Crippen molar-refractivity contribution in [3.05, 3.63) is 59.2 Å². The molecule has 1 N–H and O–H groups in total. The summed E-state index contributed by atoms with van der Waals surface area (Å²) in [7, 11) is 0. The van der Waals surface area contributed by atoms with Crippen LogP contribution in [-0.2, 0) is 4.79 Å². The molecule has 0 saturated carbocycles. The molecule has 5 heteroatoms. The molecule has 0 fully saturated rings. The fraction of sp³-hybridized carbons (Fsp3) is 0.391. The summed E-state index contributed by atoms with van der Waals surface area (Å²) >= 11 is 0. The first-order valence-electron chi connectivity index (χ1n) is 9.83. The molecule has 0 saturated heterocycles. The lowest BCUT2D eigenvalue weighted by atomic mass is 10.1. The number of nitrogens with one attached hydrogen (secondary N) is 1. The van der Waals surface area contributed by atoms with Crippen LogP contribution in [0.25, 0.3) is 0 Å². The predicted molar refractivity (Wildman–Crippen MR) is 113 cm³/mol. The van der Waals surface area contributed by atoms with Crippen LogP contribution in [0.3, 0.4) is 0 Å². The van der Waals surface area contributed by atoms with Crippen LogP contribution < -0.4 is 14.9 Å². The third-order valence-electron chi connectivity index (χ3n) is 4.24. The van der Waals surface area contributed by atoms with Crippen LogP contribution in [0.4, 0.5) is 0 Å². The third-order valence-corrected chi connectivity index (χ3v) is 4.24. The molecule has 0 bridgehead atoms. The first-order chi connectivity index (χ1) is 13.6. The highest BCUT2D eigenvalue weighted by Crippen LogP contribution is 2.18. The number of aryl methyl sites for hydroxylation is 2. The van der Waals surface area contributed by atoms with Gasteiger partial charge in [-0.3, -0.25) is 4.79 Å². The fourth-order valence-corrected chi connectivity index (χ4v) is 2.68. The van der Waals surface area contributed by atoms with E-state index in [4.69, 9.17) is 9.47 Å². The van der Waals surface area contributed by atoms with Gasteiger partial charge in [0.2, 0.25) is 0 Å². The molecular weight excluding hydrogens is 352 g/mol. The molecule has 0 spiro atoms. The normalized spacial score (nSPS) is 10.8. The monoisotopic (exact) mass is 382 g/mol. The molecule has 0 unspecified atom stereocenters. The lowest BCUT2D eigenvalue weighted by Gasteiger charge is -2.08. The number of nitrogens with zero attached hydrogens (tertiary/aromatic N) is 1. The second kappa shape index (κ2) is 11.8. The average Bonchev–Trinajstić information content (AvgIpc) is 2.68. The number of carbonyl (C=O) groups is 1. The topological polar surface area (TPSA) is 59.9 Å². The molecular formula is C23H30N2O3. The van der Waals surface area contributed by atoms with Gasteiger partial charge in [0.05, 0.1) is 12.8 Å². The van der Waals surface area contributed by atoms with Crippen molar-refractivity contribution in [2.75, 3.05) is 13.2 Å². The van der Waals surface area contributed by atoms with E-state index in [1.165, 1.54) is 19.3 Å². The van der Waals surface area contributed by atoms with E-state index in [1.807, 2.05) is 56.3 Å². The van der Waals surface area contributed by atoms with Crippen molar-refractivity contribution in [3.63, 3.8) is 0 Å². The van der Waals surface area contributed by atoms with Crippen LogP contribution in [0.2, 0.25) is 0 Å². The number of rotatable bonds is 11. The van der Waals surface area contributed by atoms with Crippen LogP contribution in [0.1, 0.15) is 49.3 Å². The van der Waals surface area contributed by atoms with E-state index in [0.717, 1.165) is 35.5 Å². The van der Waals surface area contributed by atoms with Crippen molar-refractivity contribution >= 4 is 12.1 Å². The zero-order chi connectivity index (χ0) is 20.2. The zero-order valence-corrected chi connectivity index (χ0v) is 17.0. The first kappa shape index (κ1) is 21.5. The van der Waals surface area contributed by atoms with E-state index in [0.29, 0.717) is 5.75 Å². The van der Waals surface area contributed by atoms with Crippen LogP contribution in [0.15, 0.2) is 47.6 Å². The summed E-state index contributed by atoms with van der Waals surface area (Å²) in [5, 5.41) is 3.97. The second-order valence-electron chi connectivity index (χ2n) is 6.83. The van der Waals surface area contributed by atoms with Gasteiger partial charge in [0.1, 0.15) is 11.5 Å². The van der Waals surface area contributed by atoms with Crippen molar-refractivity contribution < 1.29 is 14.3 Å². The maximum absolute atomic E-state index is 11.9. The van der Waals surface area contributed by atoms with Gasteiger partial charge in [-0.2, -0.15) is 5.10 Å². The maximum atomic E-state index is 11.9. The SMILES string of the molecule is CCCCCCOc1ccc(/C=N/NC(=O)COc2ccc(C)cc2C)cc1. The number of ether oxygens (including phenoxy) is 2. The Labute approximate surface area is 167 Å². The molecule has 5 nitrogen and oxygen atoms in total. The minimum absolute atomic E-state index is 0.0773. The highest BCUT2D eigenvalue weighted by molar-refractivity contribution is 5.83. The van der Waals surface area contributed by atoms with Gasteiger partial charge in [-0.1, -0.05) is 43.9 Å². The fourth-order valence-electron chi connectivity index (χ4n) is 2.68. The lowest BCUT2D eigenvalue weighted by molar-refractivity contribution is -0.123. The standard InChI is InChI=1S/C23H30N2O3/c1-4-5-6-7-14-27-21-11-9-20(10-12-21)16-24-25-23(26)17-28-22-13-8-18(2)15-19(22)3/h8-13,15-16H,4-7,14,17H2,1-3H3,(H,25,26)/b24-16+. The van der Waals surface area contributed by atoms with Crippen LogP contribution in [0, 0.1) is 13.8 Å². The van der Waals surface area contributed by atoms with Gasteiger partial charge in [-0.15, -0.1) is 0 Å². The van der Waals surface area contributed by atoms with Crippen molar-refractivity contribution in [3.8, 4) is 11.5 Å². The van der Waals surface area contributed by atoms with Crippen molar-refractivity contribution in [1.82, 2.24) is 5.43 Å². The minimum Gasteiger partial charge on any atom is -0.494 e. The second-order valence-corrected chi connectivity index (χ2v) is 6.83. The van der Waals surface area contributed by atoms with Crippen LogP contribution in [0.5, 0.6) is 11.5 Å². The van der Waals surface area contributed by atoms with Crippen molar-refractivity contribution in [2.24, 2.45) is 5.10 Å². The van der Waals surface area contributed by atoms with Gasteiger partial charge in [0.25, 0.3) is 5.91 Å². The molecule has 2 rings (SSSR count).